The van der Waals surface area contributed by atoms with E-state index in [-0.39, 0.29) is 11.7 Å². The fourth-order valence-corrected chi connectivity index (χ4v) is 7.78. The second kappa shape index (κ2) is 8.90. The molecule has 13 nitrogen and oxygen atoms in total. The molecule has 5 atom stereocenters. The maximum atomic E-state index is 12.1. The third-order valence-corrected chi connectivity index (χ3v) is 9.93. The number of rotatable bonds is 7. The summed E-state index contributed by atoms with van der Waals surface area (Å²) in [5.41, 5.74) is 0.768. The zero-order valence-electron chi connectivity index (χ0n) is 16.8. The number of halogens is 1. The SMILES string of the molecule is O=P(O)(O)CP(=O)(O)CCC1OC(n2cnc3c(N4CCCC4)nc(Cl)nc32)C(O)C1O. The van der Waals surface area contributed by atoms with Crippen LogP contribution in [0.15, 0.2) is 6.33 Å². The molecular weight excluding hydrogens is 488 g/mol. The Bertz CT molecular complexity index is 1090. The van der Waals surface area contributed by atoms with Crippen LogP contribution in [0, 0.1) is 0 Å². The molecule has 0 amide bonds. The molecule has 0 saturated carbocycles. The largest absolute Gasteiger partial charge is 0.388 e. The molecule has 4 heterocycles. The number of fused-ring (bicyclic) bond motifs is 1. The zero-order valence-corrected chi connectivity index (χ0v) is 19.4. The molecule has 5 unspecified atom stereocenters. The lowest BCUT2D eigenvalue weighted by Crippen LogP contribution is -2.32. The van der Waals surface area contributed by atoms with Crippen LogP contribution in [0.1, 0.15) is 25.5 Å². The van der Waals surface area contributed by atoms with Gasteiger partial charge in [0.05, 0.1) is 12.4 Å². The Kier molecular flexibility index (Phi) is 6.68. The summed E-state index contributed by atoms with van der Waals surface area (Å²) >= 11 is 6.12. The van der Waals surface area contributed by atoms with Gasteiger partial charge in [-0.15, -0.1) is 0 Å². The van der Waals surface area contributed by atoms with Gasteiger partial charge in [-0.1, -0.05) is 0 Å². The lowest BCUT2D eigenvalue weighted by Gasteiger charge is -2.19. The summed E-state index contributed by atoms with van der Waals surface area (Å²) in [6.07, 6.45) is -2.21. The van der Waals surface area contributed by atoms with E-state index in [1.165, 1.54) is 10.9 Å². The second-order valence-electron chi connectivity index (χ2n) is 8.05. The Labute approximate surface area is 187 Å². The maximum Gasteiger partial charge on any atom is 0.335 e. The molecule has 0 spiro atoms. The van der Waals surface area contributed by atoms with Crippen LogP contribution in [0.2, 0.25) is 5.28 Å². The number of aromatic nitrogens is 4. The fourth-order valence-electron chi connectivity index (χ4n) is 4.10. The van der Waals surface area contributed by atoms with Crippen LogP contribution < -0.4 is 4.90 Å². The van der Waals surface area contributed by atoms with Crippen molar-refractivity contribution in [3.63, 3.8) is 0 Å². The highest BCUT2D eigenvalue weighted by atomic mass is 35.5. The van der Waals surface area contributed by atoms with Crippen LogP contribution in [0.25, 0.3) is 11.2 Å². The Morgan fingerprint density at radius 1 is 1.12 bits per heavy atom. The predicted octanol–water partition coefficient (Wildman–Crippen LogP) is 0.495. The summed E-state index contributed by atoms with van der Waals surface area (Å²) < 4.78 is 30.3. The van der Waals surface area contributed by atoms with Crippen LogP contribution >= 0.6 is 26.6 Å². The van der Waals surface area contributed by atoms with E-state index in [9.17, 15) is 24.2 Å². The van der Waals surface area contributed by atoms with Gasteiger partial charge in [-0.25, -0.2) is 4.98 Å². The van der Waals surface area contributed by atoms with E-state index in [1.54, 1.807) is 0 Å². The molecule has 178 valence electrons. The Hall–Kier alpha value is -1.14. The molecule has 0 aromatic carbocycles. The molecule has 5 N–H and O–H groups in total. The number of nitrogens with zero attached hydrogens (tertiary/aromatic N) is 5. The lowest BCUT2D eigenvalue weighted by atomic mass is 10.1. The quantitative estimate of drug-likeness (QED) is 0.256. The molecule has 2 aliphatic rings. The molecule has 0 aliphatic carbocycles. The summed E-state index contributed by atoms with van der Waals surface area (Å²) in [6, 6.07) is 0. The first-order valence-electron chi connectivity index (χ1n) is 9.97. The molecule has 2 fully saturated rings. The van der Waals surface area contributed by atoms with E-state index in [0.29, 0.717) is 17.0 Å². The van der Waals surface area contributed by atoms with Crippen molar-refractivity contribution in [1.29, 1.82) is 0 Å². The van der Waals surface area contributed by atoms with Gasteiger partial charge in [0.2, 0.25) is 12.7 Å². The number of aliphatic hydroxyl groups is 2. The zero-order chi connectivity index (χ0) is 23.3. The molecule has 16 heteroatoms. The van der Waals surface area contributed by atoms with Gasteiger partial charge in [0, 0.05) is 19.3 Å². The van der Waals surface area contributed by atoms with Gasteiger partial charge in [-0.3, -0.25) is 13.7 Å². The minimum atomic E-state index is -4.68. The van der Waals surface area contributed by atoms with Gasteiger partial charge in [0.15, 0.2) is 23.2 Å². The van der Waals surface area contributed by atoms with Gasteiger partial charge in [0.25, 0.3) is 0 Å². The van der Waals surface area contributed by atoms with Crippen molar-refractivity contribution >= 4 is 43.5 Å². The van der Waals surface area contributed by atoms with E-state index in [2.05, 4.69) is 15.0 Å². The molecule has 0 radical (unpaired) electrons. The normalized spacial score (nSPS) is 28.5. The highest BCUT2D eigenvalue weighted by Gasteiger charge is 2.45. The highest BCUT2D eigenvalue weighted by molar-refractivity contribution is 7.72. The minimum absolute atomic E-state index is 0.00982. The Morgan fingerprint density at radius 3 is 2.47 bits per heavy atom. The first kappa shape index (κ1) is 24.0. The van der Waals surface area contributed by atoms with Gasteiger partial charge < -0.3 is 34.5 Å². The minimum Gasteiger partial charge on any atom is -0.388 e. The Morgan fingerprint density at radius 2 is 1.81 bits per heavy atom. The highest BCUT2D eigenvalue weighted by Crippen LogP contribution is 2.55. The van der Waals surface area contributed by atoms with Crippen molar-refractivity contribution in [1.82, 2.24) is 19.5 Å². The number of hydrogen-bond acceptors (Lipinski definition) is 9. The topological polar surface area (TPSA) is 191 Å². The van der Waals surface area contributed by atoms with Gasteiger partial charge in [-0.2, -0.15) is 9.97 Å². The van der Waals surface area contributed by atoms with Gasteiger partial charge >= 0.3 is 7.60 Å². The molecular formula is C16H24ClN5O8P2. The molecule has 0 bridgehead atoms. The first-order chi connectivity index (χ1) is 15.0. The average molecular weight is 512 g/mol. The van der Waals surface area contributed by atoms with E-state index >= 15 is 0 Å². The van der Waals surface area contributed by atoms with Crippen LogP contribution in [-0.2, 0) is 13.9 Å². The maximum absolute atomic E-state index is 12.1. The predicted molar refractivity (Wildman–Crippen MR) is 114 cm³/mol. The first-order valence-corrected chi connectivity index (χ1v) is 14.2. The number of hydrogen-bond donors (Lipinski definition) is 5. The second-order valence-corrected chi connectivity index (χ2v) is 13.0. The number of ether oxygens (including phenoxy) is 1. The number of aliphatic hydroxyl groups excluding tert-OH is 2. The van der Waals surface area contributed by atoms with E-state index in [0.717, 1.165) is 25.9 Å². The molecule has 2 aliphatic heterocycles. The van der Waals surface area contributed by atoms with Crippen molar-refractivity contribution < 1.29 is 38.8 Å². The van der Waals surface area contributed by atoms with Crippen molar-refractivity contribution in [3.05, 3.63) is 11.6 Å². The summed E-state index contributed by atoms with van der Waals surface area (Å²) in [5.74, 6) is -0.588. The summed E-state index contributed by atoms with van der Waals surface area (Å²) in [7, 11) is -8.84. The van der Waals surface area contributed by atoms with Crippen molar-refractivity contribution in [2.45, 2.75) is 43.8 Å². The van der Waals surface area contributed by atoms with Crippen LogP contribution in [-0.4, -0.2) is 87.9 Å². The van der Waals surface area contributed by atoms with Crippen LogP contribution in [0.3, 0.4) is 0 Å². The molecule has 32 heavy (non-hydrogen) atoms. The van der Waals surface area contributed by atoms with Gasteiger partial charge in [-0.05, 0) is 30.9 Å². The molecule has 2 aromatic rings. The van der Waals surface area contributed by atoms with E-state index in [1.807, 2.05) is 4.90 Å². The summed E-state index contributed by atoms with van der Waals surface area (Å²) in [6.45, 7) is 1.60. The lowest BCUT2D eigenvalue weighted by molar-refractivity contribution is -0.0354. The molecule has 4 rings (SSSR count). The van der Waals surface area contributed by atoms with Gasteiger partial charge in [0.1, 0.15) is 18.1 Å². The molecule has 2 saturated heterocycles. The summed E-state index contributed by atoms with van der Waals surface area (Å²) in [4.78, 5) is 42.6. The smallest absolute Gasteiger partial charge is 0.335 e. The number of anilines is 1. The monoisotopic (exact) mass is 511 g/mol. The average Bonchev–Trinajstić information content (AvgIpc) is 3.39. The fraction of sp³-hybridized carbons (Fsp3) is 0.688. The van der Waals surface area contributed by atoms with Crippen LogP contribution in [0.5, 0.6) is 0 Å². The summed E-state index contributed by atoms with van der Waals surface area (Å²) in [5, 5.41) is 21.0. The van der Waals surface area contributed by atoms with Crippen molar-refractivity contribution in [3.8, 4) is 0 Å². The standard InChI is InChI=1S/C16H24ClN5O8P2/c17-16-19-13(21-4-1-2-5-21)10-14(20-16)22(7-18-10)15-12(24)11(23)9(30-15)3-6-31(25,26)8-32(27,28)29/h7,9,11-12,15,23-24H,1-6,8H2,(H,25,26)(H2,27,28,29). The van der Waals surface area contributed by atoms with E-state index in [4.69, 9.17) is 26.1 Å². The molecule has 2 aromatic heterocycles. The third kappa shape index (κ3) is 5.01. The van der Waals surface area contributed by atoms with Crippen molar-refractivity contribution in [2.24, 2.45) is 0 Å². The number of imidazole rings is 1. The van der Waals surface area contributed by atoms with Crippen LogP contribution in [0.4, 0.5) is 5.82 Å². The van der Waals surface area contributed by atoms with Crippen molar-refractivity contribution in [2.75, 3.05) is 30.1 Å². The van der Waals surface area contributed by atoms with E-state index < -0.39 is 51.6 Å². The third-order valence-electron chi connectivity index (χ3n) is 5.56. The Balaban J connectivity index is 1.55.